The number of nitrogens with zero attached hydrogens (tertiary/aromatic N) is 1. The van der Waals surface area contributed by atoms with Gasteiger partial charge in [0.05, 0.1) is 32.5 Å². The molecule has 2 aliphatic rings. The van der Waals surface area contributed by atoms with Crippen LogP contribution in [0.1, 0.15) is 18.4 Å². The topological polar surface area (TPSA) is 66.5 Å². The maximum absolute atomic E-state index is 12.2. The standard InChI is InChI=1S/C26H43NO6Si/c1-29-25-23(18-32-19-31-13-14-34(3,4)5)22-11-12-27(26(28)30-2)16-21(22)15-24(25)33-17-20-9-7-6-8-10-20/h6-10,21-25H,11-19H2,1-5H3/t21-,22+,23+,24-,25-/m1/s1. The smallest absolute Gasteiger partial charge is 0.409 e. The molecule has 1 saturated carbocycles. The van der Waals surface area contributed by atoms with Crippen LogP contribution in [0.15, 0.2) is 30.3 Å². The minimum Gasteiger partial charge on any atom is -0.453 e. The molecule has 0 radical (unpaired) electrons. The number of methoxy groups -OCH3 is 2. The van der Waals surface area contributed by atoms with Crippen molar-refractivity contribution in [2.75, 3.05) is 47.3 Å². The average molecular weight is 494 g/mol. The third kappa shape index (κ3) is 7.78. The molecular formula is C26H43NO6Si. The second kappa shape index (κ2) is 13.0. The highest BCUT2D eigenvalue weighted by Crippen LogP contribution is 2.43. The third-order valence-corrected chi connectivity index (χ3v) is 8.86. The van der Waals surface area contributed by atoms with Gasteiger partial charge >= 0.3 is 6.09 Å². The lowest BCUT2D eigenvalue weighted by Gasteiger charge is -2.50. The van der Waals surface area contributed by atoms with Crippen LogP contribution in [-0.2, 0) is 30.3 Å². The zero-order valence-electron chi connectivity index (χ0n) is 21.5. The van der Waals surface area contributed by atoms with Crippen molar-refractivity contribution in [3.63, 3.8) is 0 Å². The number of benzene rings is 1. The summed E-state index contributed by atoms with van der Waals surface area (Å²) < 4.78 is 29.2. The van der Waals surface area contributed by atoms with Crippen LogP contribution >= 0.6 is 0 Å². The van der Waals surface area contributed by atoms with E-state index in [1.807, 2.05) is 23.1 Å². The van der Waals surface area contributed by atoms with Crippen molar-refractivity contribution in [3.8, 4) is 0 Å². The fraction of sp³-hybridized carbons (Fsp3) is 0.731. The summed E-state index contributed by atoms with van der Waals surface area (Å²) in [6.07, 6.45) is 1.39. The van der Waals surface area contributed by atoms with Gasteiger partial charge in [0.2, 0.25) is 0 Å². The van der Waals surface area contributed by atoms with Gasteiger partial charge < -0.3 is 28.6 Å². The maximum atomic E-state index is 12.2. The first-order chi connectivity index (χ1) is 16.3. The van der Waals surface area contributed by atoms with Gasteiger partial charge in [0.1, 0.15) is 6.79 Å². The minimum atomic E-state index is -1.11. The minimum absolute atomic E-state index is 0.0587. The lowest BCUT2D eigenvalue weighted by Crippen LogP contribution is -2.56. The summed E-state index contributed by atoms with van der Waals surface area (Å²) in [5, 5.41) is 0. The molecule has 192 valence electrons. The van der Waals surface area contributed by atoms with Crippen molar-refractivity contribution < 1.29 is 28.5 Å². The number of likely N-dealkylation sites (tertiary alicyclic amines) is 1. The fourth-order valence-electron chi connectivity index (χ4n) is 5.28. The van der Waals surface area contributed by atoms with Gasteiger partial charge in [-0.2, -0.15) is 0 Å². The van der Waals surface area contributed by atoms with Gasteiger partial charge in [-0.25, -0.2) is 4.79 Å². The first-order valence-electron chi connectivity index (χ1n) is 12.5. The molecule has 0 N–H and O–H groups in total. The van der Waals surface area contributed by atoms with E-state index in [1.165, 1.54) is 7.11 Å². The molecule has 1 aromatic rings. The van der Waals surface area contributed by atoms with Crippen molar-refractivity contribution in [2.45, 2.75) is 57.3 Å². The maximum Gasteiger partial charge on any atom is 0.409 e. The molecule has 1 aromatic carbocycles. The summed E-state index contributed by atoms with van der Waals surface area (Å²) in [6, 6.07) is 11.3. The molecule has 1 saturated heterocycles. The SMILES string of the molecule is COC(=O)N1CC[C@H]2[C@H](C[C@@H](OCc3ccccc3)[C@H](OC)[C@H]2COCOCC[Si](C)(C)C)C1. The van der Waals surface area contributed by atoms with Gasteiger partial charge in [-0.15, -0.1) is 0 Å². The third-order valence-electron chi connectivity index (χ3n) is 7.15. The molecule has 1 aliphatic heterocycles. The van der Waals surface area contributed by atoms with Crippen LogP contribution < -0.4 is 0 Å². The number of fused-ring (bicyclic) bond motifs is 1. The van der Waals surface area contributed by atoms with Crippen molar-refractivity contribution in [1.29, 1.82) is 0 Å². The molecule has 1 amide bonds. The molecule has 1 heterocycles. The van der Waals surface area contributed by atoms with Crippen molar-refractivity contribution in [3.05, 3.63) is 35.9 Å². The predicted molar refractivity (Wildman–Crippen MR) is 134 cm³/mol. The van der Waals surface area contributed by atoms with E-state index in [9.17, 15) is 4.79 Å². The molecule has 2 fully saturated rings. The highest BCUT2D eigenvalue weighted by Gasteiger charge is 2.48. The Morgan fingerprint density at radius 2 is 1.88 bits per heavy atom. The molecule has 3 rings (SSSR count). The summed E-state index contributed by atoms with van der Waals surface area (Å²) in [5.74, 6) is 0.913. The van der Waals surface area contributed by atoms with Gasteiger partial charge in [-0.1, -0.05) is 50.0 Å². The Morgan fingerprint density at radius 3 is 2.56 bits per heavy atom. The molecule has 1 aliphatic carbocycles. The summed E-state index contributed by atoms with van der Waals surface area (Å²) in [7, 11) is 2.10. The number of ether oxygens (including phenoxy) is 5. The molecule has 0 unspecified atom stereocenters. The fourth-order valence-corrected chi connectivity index (χ4v) is 6.03. The van der Waals surface area contributed by atoms with Crippen LogP contribution in [0.4, 0.5) is 4.79 Å². The summed E-state index contributed by atoms with van der Waals surface area (Å²) >= 11 is 0. The Hall–Kier alpha value is -1.45. The Labute approximate surface area is 206 Å². The predicted octanol–water partition coefficient (Wildman–Crippen LogP) is 4.64. The van der Waals surface area contributed by atoms with E-state index in [0.717, 1.165) is 31.1 Å². The first-order valence-corrected chi connectivity index (χ1v) is 16.2. The van der Waals surface area contributed by atoms with Crippen molar-refractivity contribution >= 4 is 14.2 Å². The van der Waals surface area contributed by atoms with Crippen LogP contribution in [0.2, 0.25) is 25.7 Å². The van der Waals surface area contributed by atoms with Crippen LogP contribution in [0, 0.1) is 17.8 Å². The second-order valence-electron chi connectivity index (χ2n) is 10.8. The summed E-state index contributed by atoms with van der Waals surface area (Å²) in [4.78, 5) is 14.0. The number of hydrogen-bond acceptors (Lipinski definition) is 6. The van der Waals surface area contributed by atoms with E-state index >= 15 is 0 Å². The van der Waals surface area contributed by atoms with Gasteiger partial charge in [-0.05, 0) is 36.3 Å². The molecule has 7 nitrogen and oxygen atoms in total. The largest absolute Gasteiger partial charge is 0.453 e. The van der Waals surface area contributed by atoms with Crippen LogP contribution in [0.25, 0.3) is 0 Å². The van der Waals surface area contributed by atoms with Crippen molar-refractivity contribution in [1.82, 2.24) is 4.90 Å². The Balaban J connectivity index is 1.64. The molecular weight excluding hydrogens is 450 g/mol. The van der Waals surface area contributed by atoms with Gasteiger partial charge in [0.15, 0.2) is 0 Å². The Morgan fingerprint density at radius 1 is 1.12 bits per heavy atom. The Kier molecular flexibility index (Phi) is 10.4. The number of hydrogen-bond donors (Lipinski definition) is 0. The molecule has 34 heavy (non-hydrogen) atoms. The lowest BCUT2D eigenvalue weighted by atomic mass is 9.66. The number of piperidine rings is 1. The number of amides is 1. The lowest BCUT2D eigenvalue weighted by molar-refractivity contribution is -0.172. The second-order valence-corrected chi connectivity index (χ2v) is 16.4. The van der Waals surface area contributed by atoms with E-state index in [4.69, 9.17) is 23.7 Å². The molecule has 0 aromatic heterocycles. The molecule has 0 bridgehead atoms. The first kappa shape index (κ1) is 27.1. The number of carbonyl (C=O) groups excluding carboxylic acids is 1. The highest BCUT2D eigenvalue weighted by atomic mass is 28.3. The average Bonchev–Trinajstić information content (AvgIpc) is 2.83. The van der Waals surface area contributed by atoms with E-state index in [2.05, 4.69) is 31.8 Å². The summed E-state index contributed by atoms with van der Waals surface area (Å²) in [6.45, 7) is 10.6. The Bertz CT molecular complexity index is 743. The van der Waals surface area contributed by atoms with E-state index < -0.39 is 8.07 Å². The van der Waals surface area contributed by atoms with Crippen molar-refractivity contribution in [2.24, 2.45) is 17.8 Å². The molecule has 5 atom stereocenters. The van der Waals surface area contributed by atoms with Gasteiger partial charge in [-0.3, -0.25) is 0 Å². The monoisotopic (exact) mass is 493 g/mol. The zero-order chi connectivity index (χ0) is 24.6. The van der Waals surface area contributed by atoms with Gasteiger partial charge in [0.25, 0.3) is 0 Å². The number of rotatable bonds is 11. The summed E-state index contributed by atoms with van der Waals surface area (Å²) in [5.41, 5.74) is 1.14. The van der Waals surface area contributed by atoms with Gasteiger partial charge in [0, 0.05) is 40.8 Å². The number of carbonyl (C=O) groups is 1. The van der Waals surface area contributed by atoms with E-state index in [-0.39, 0.29) is 24.2 Å². The van der Waals surface area contributed by atoms with Crippen LogP contribution in [-0.4, -0.2) is 78.6 Å². The zero-order valence-corrected chi connectivity index (χ0v) is 22.5. The van der Waals surface area contributed by atoms with E-state index in [0.29, 0.717) is 44.9 Å². The molecule has 0 spiro atoms. The van der Waals surface area contributed by atoms with Crippen LogP contribution in [0.3, 0.4) is 0 Å². The highest BCUT2D eigenvalue weighted by molar-refractivity contribution is 6.76. The normalized spacial score (nSPS) is 27.3. The van der Waals surface area contributed by atoms with E-state index in [1.54, 1.807) is 7.11 Å². The van der Waals surface area contributed by atoms with Crippen LogP contribution in [0.5, 0.6) is 0 Å². The quantitative estimate of drug-likeness (QED) is 0.254. The molecule has 8 heteroatoms.